The Morgan fingerprint density at radius 1 is 0.938 bits per heavy atom. The number of rotatable bonds is 6. The molecule has 2 aliphatic rings. The Hall–Kier alpha value is -3.68. The van der Waals surface area contributed by atoms with Crippen LogP contribution in [0.1, 0.15) is 32.6 Å². The molecule has 2 atom stereocenters. The van der Waals surface area contributed by atoms with Gasteiger partial charge in [0.1, 0.15) is 18.0 Å². The molecule has 0 bridgehead atoms. The van der Waals surface area contributed by atoms with Crippen LogP contribution in [0.3, 0.4) is 0 Å². The Kier molecular flexibility index (Phi) is 6.20. The van der Waals surface area contributed by atoms with Gasteiger partial charge < -0.3 is 10.1 Å². The highest BCUT2D eigenvalue weighted by Gasteiger charge is 2.49. The van der Waals surface area contributed by atoms with Gasteiger partial charge in [0.15, 0.2) is 0 Å². The van der Waals surface area contributed by atoms with E-state index in [1.165, 1.54) is 0 Å². The Morgan fingerprint density at radius 3 is 2.28 bits per heavy atom. The van der Waals surface area contributed by atoms with E-state index >= 15 is 0 Å². The molecule has 0 unspecified atom stereocenters. The average molecular weight is 435 g/mol. The predicted octanol–water partition coefficient (Wildman–Crippen LogP) is 3.79. The van der Waals surface area contributed by atoms with E-state index in [4.69, 9.17) is 4.74 Å². The number of para-hydroxylation sites is 1. The summed E-state index contributed by atoms with van der Waals surface area (Å²) in [4.78, 5) is 51.9. The molecule has 0 radical (unpaired) electrons. The molecule has 2 aromatic rings. The zero-order chi connectivity index (χ0) is 22.7. The zero-order valence-corrected chi connectivity index (χ0v) is 17.8. The summed E-state index contributed by atoms with van der Waals surface area (Å²) in [5, 5.41) is 2.65. The van der Waals surface area contributed by atoms with Crippen LogP contribution in [0.4, 0.5) is 10.5 Å². The number of hydrogen-bond donors (Lipinski definition) is 1. The number of urea groups is 1. The normalized spacial score (nSPS) is 21.1. The van der Waals surface area contributed by atoms with E-state index in [1.54, 1.807) is 24.3 Å². The molecule has 5 amide bonds. The van der Waals surface area contributed by atoms with Gasteiger partial charge in [-0.25, -0.2) is 9.69 Å². The van der Waals surface area contributed by atoms with Gasteiger partial charge in [0.05, 0.1) is 0 Å². The van der Waals surface area contributed by atoms with Crippen LogP contribution in [0, 0.1) is 5.92 Å². The van der Waals surface area contributed by atoms with E-state index in [2.05, 4.69) is 5.32 Å². The first kappa shape index (κ1) is 21.5. The summed E-state index contributed by atoms with van der Waals surface area (Å²) in [5.74, 6) is -0.929. The van der Waals surface area contributed by atoms with Crippen molar-refractivity contribution in [2.75, 3.05) is 11.9 Å². The SMILES string of the molecule is C[C@H]1CCCC[C@H]1N1C(=O)C(=O)N(CC(=O)Nc2ccc(Oc3ccccc3)cc2)C1=O. The molecule has 1 saturated heterocycles. The van der Waals surface area contributed by atoms with Crippen molar-refractivity contribution in [1.29, 1.82) is 0 Å². The maximum atomic E-state index is 12.8. The molecule has 166 valence electrons. The molecule has 2 aromatic carbocycles. The molecule has 0 spiro atoms. The van der Waals surface area contributed by atoms with Crippen LogP contribution in [0.15, 0.2) is 54.6 Å². The number of hydrogen-bond acceptors (Lipinski definition) is 5. The fourth-order valence-corrected chi connectivity index (χ4v) is 4.21. The Balaban J connectivity index is 1.36. The maximum Gasteiger partial charge on any atom is 0.334 e. The molecule has 1 N–H and O–H groups in total. The smallest absolute Gasteiger partial charge is 0.334 e. The lowest BCUT2D eigenvalue weighted by Gasteiger charge is -2.34. The fourth-order valence-electron chi connectivity index (χ4n) is 4.21. The molecule has 32 heavy (non-hydrogen) atoms. The number of carbonyl (C=O) groups is 4. The summed E-state index contributed by atoms with van der Waals surface area (Å²) in [6, 6.07) is 15.0. The van der Waals surface area contributed by atoms with Gasteiger partial charge in [-0.3, -0.25) is 19.3 Å². The molecule has 0 aromatic heterocycles. The fraction of sp³-hybridized carbons (Fsp3) is 0.333. The van der Waals surface area contributed by atoms with Crippen molar-refractivity contribution in [3.63, 3.8) is 0 Å². The summed E-state index contributed by atoms with van der Waals surface area (Å²) in [5.41, 5.74) is 0.485. The lowest BCUT2D eigenvalue weighted by Crippen LogP contribution is -2.46. The quantitative estimate of drug-likeness (QED) is 0.550. The second-order valence-electron chi connectivity index (χ2n) is 8.17. The molecule has 8 nitrogen and oxygen atoms in total. The van der Waals surface area contributed by atoms with Crippen LogP contribution >= 0.6 is 0 Å². The molecule has 1 aliphatic carbocycles. The number of carbonyl (C=O) groups excluding carboxylic acids is 4. The molecule has 4 rings (SSSR count). The van der Waals surface area contributed by atoms with Gasteiger partial charge in [-0.05, 0) is 55.2 Å². The first-order valence-corrected chi connectivity index (χ1v) is 10.8. The topological polar surface area (TPSA) is 96.0 Å². The third-order valence-corrected chi connectivity index (χ3v) is 5.90. The summed E-state index contributed by atoms with van der Waals surface area (Å²) in [6.07, 6.45) is 3.54. The predicted molar refractivity (Wildman–Crippen MR) is 117 cm³/mol. The molecule has 1 saturated carbocycles. The third-order valence-electron chi connectivity index (χ3n) is 5.90. The van der Waals surface area contributed by atoms with Crippen molar-refractivity contribution in [2.24, 2.45) is 5.92 Å². The summed E-state index contributed by atoms with van der Waals surface area (Å²) in [6.45, 7) is 1.47. The second-order valence-corrected chi connectivity index (χ2v) is 8.17. The number of nitrogens with one attached hydrogen (secondary N) is 1. The minimum Gasteiger partial charge on any atom is -0.457 e. The highest BCUT2D eigenvalue weighted by molar-refractivity contribution is 6.45. The molecule has 2 fully saturated rings. The van der Waals surface area contributed by atoms with Gasteiger partial charge in [-0.1, -0.05) is 38.0 Å². The van der Waals surface area contributed by atoms with Gasteiger partial charge in [0, 0.05) is 11.7 Å². The van der Waals surface area contributed by atoms with Crippen LogP contribution in [-0.4, -0.2) is 46.1 Å². The van der Waals surface area contributed by atoms with E-state index in [1.807, 2.05) is 37.3 Å². The number of nitrogens with zero attached hydrogens (tertiary/aromatic N) is 2. The van der Waals surface area contributed by atoms with Gasteiger partial charge in [-0.2, -0.15) is 0 Å². The first-order valence-electron chi connectivity index (χ1n) is 10.8. The van der Waals surface area contributed by atoms with Crippen LogP contribution in [0.5, 0.6) is 11.5 Å². The molecule has 1 aliphatic heterocycles. The summed E-state index contributed by atoms with van der Waals surface area (Å²) < 4.78 is 5.71. The maximum absolute atomic E-state index is 12.8. The van der Waals surface area contributed by atoms with E-state index in [9.17, 15) is 19.2 Å². The van der Waals surface area contributed by atoms with Crippen molar-refractivity contribution < 1.29 is 23.9 Å². The minimum atomic E-state index is -0.950. The standard InChI is InChI=1S/C24H25N3O5/c1-16-7-5-6-10-20(16)27-23(30)22(29)26(24(27)31)15-21(28)25-17-11-13-19(14-12-17)32-18-8-3-2-4-9-18/h2-4,8-9,11-14,16,20H,5-7,10,15H2,1H3,(H,25,28)/t16-,20+/m0/s1. The summed E-state index contributed by atoms with van der Waals surface area (Å²) >= 11 is 0. The zero-order valence-electron chi connectivity index (χ0n) is 17.8. The van der Waals surface area contributed by atoms with Crippen LogP contribution in [0.2, 0.25) is 0 Å². The molecule has 1 heterocycles. The van der Waals surface area contributed by atoms with Gasteiger partial charge in [-0.15, -0.1) is 0 Å². The number of ether oxygens (including phenoxy) is 1. The van der Waals surface area contributed by atoms with Crippen LogP contribution in [0.25, 0.3) is 0 Å². The molecule has 8 heteroatoms. The van der Waals surface area contributed by atoms with Crippen molar-refractivity contribution in [3.05, 3.63) is 54.6 Å². The van der Waals surface area contributed by atoms with Gasteiger partial charge >= 0.3 is 17.8 Å². The highest BCUT2D eigenvalue weighted by atomic mass is 16.5. The largest absolute Gasteiger partial charge is 0.457 e. The highest BCUT2D eigenvalue weighted by Crippen LogP contribution is 2.31. The minimum absolute atomic E-state index is 0.134. The van der Waals surface area contributed by atoms with Crippen molar-refractivity contribution in [3.8, 4) is 11.5 Å². The second kappa shape index (κ2) is 9.21. The monoisotopic (exact) mass is 435 g/mol. The lowest BCUT2D eigenvalue weighted by atomic mass is 9.85. The van der Waals surface area contributed by atoms with E-state index < -0.39 is 30.3 Å². The number of benzene rings is 2. The number of amides is 5. The summed E-state index contributed by atoms with van der Waals surface area (Å²) in [7, 11) is 0. The van der Waals surface area contributed by atoms with Gasteiger partial charge in [0.25, 0.3) is 0 Å². The van der Waals surface area contributed by atoms with Crippen molar-refractivity contribution in [2.45, 2.75) is 38.6 Å². The first-order chi connectivity index (χ1) is 15.4. The van der Waals surface area contributed by atoms with Crippen LogP contribution < -0.4 is 10.1 Å². The van der Waals surface area contributed by atoms with E-state index in [0.29, 0.717) is 23.6 Å². The Morgan fingerprint density at radius 2 is 1.59 bits per heavy atom. The third kappa shape index (κ3) is 4.49. The molecular formula is C24H25N3O5. The molecular weight excluding hydrogens is 410 g/mol. The number of imide groups is 2. The van der Waals surface area contributed by atoms with E-state index in [0.717, 1.165) is 29.1 Å². The van der Waals surface area contributed by atoms with Crippen LogP contribution in [-0.2, 0) is 14.4 Å². The average Bonchev–Trinajstić information content (AvgIpc) is 2.99. The Labute approximate surface area is 186 Å². The lowest BCUT2D eigenvalue weighted by molar-refractivity contribution is -0.145. The van der Waals surface area contributed by atoms with Crippen molar-refractivity contribution in [1.82, 2.24) is 9.80 Å². The van der Waals surface area contributed by atoms with E-state index in [-0.39, 0.29) is 12.0 Å². The van der Waals surface area contributed by atoms with Gasteiger partial charge in [0.2, 0.25) is 5.91 Å². The van der Waals surface area contributed by atoms with Crippen molar-refractivity contribution >= 4 is 29.4 Å². The Bertz CT molecular complexity index is 1020. The number of anilines is 1.